The maximum atomic E-state index is 10.3. The number of nitrogens with two attached hydrogens (primary N) is 1. The lowest BCUT2D eigenvalue weighted by Gasteiger charge is -2.06. The van der Waals surface area contributed by atoms with Crippen molar-refractivity contribution >= 4 is 5.97 Å². The van der Waals surface area contributed by atoms with Crippen LogP contribution >= 0.6 is 0 Å². The minimum absolute atomic E-state index is 0.0386. The summed E-state index contributed by atoms with van der Waals surface area (Å²) in [4.78, 5) is 10.3. The molecule has 3 heteroatoms. The number of carbonyl (C=O) groups is 1. The molecule has 0 aromatic heterocycles. The van der Waals surface area contributed by atoms with Gasteiger partial charge in [-0.3, -0.25) is 0 Å². The fourth-order valence-corrected chi connectivity index (χ4v) is 1.09. The molecule has 1 unspecified atom stereocenters. The van der Waals surface area contributed by atoms with Crippen molar-refractivity contribution in [1.29, 1.82) is 0 Å². The van der Waals surface area contributed by atoms with E-state index in [0.29, 0.717) is 5.92 Å². The van der Waals surface area contributed by atoms with Gasteiger partial charge in [-0.15, -0.1) is 0 Å². The quantitative estimate of drug-likeness (QED) is 0.623. The van der Waals surface area contributed by atoms with Crippen molar-refractivity contribution in [2.45, 2.75) is 39.5 Å². The van der Waals surface area contributed by atoms with Gasteiger partial charge in [0.1, 0.15) is 5.70 Å². The lowest BCUT2D eigenvalue weighted by Crippen LogP contribution is -2.10. The fourth-order valence-electron chi connectivity index (χ4n) is 1.09. The molecule has 0 aromatic rings. The Kier molecular flexibility index (Phi) is 6.02. The van der Waals surface area contributed by atoms with Gasteiger partial charge in [0, 0.05) is 0 Å². The van der Waals surface area contributed by atoms with Crippen molar-refractivity contribution in [3.63, 3.8) is 0 Å². The zero-order valence-corrected chi connectivity index (χ0v) is 8.42. The van der Waals surface area contributed by atoms with Gasteiger partial charge in [0.05, 0.1) is 0 Å². The topological polar surface area (TPSA) is 63.3 Å². The molecule has 0 rings (SSSR count). The largest absolute Gasteiger partial charge is 0.477 e. The molecule has 0 fully saturated rings. The molecule has 3 nitrogen and oxygen atoms in total. The Labute approximate surface area is 79.6 Å². The molecule has 0 heterocycles. The van der Waals surface area contributed by atoms with Crippen LogP contribution in [-0.4, -0.2) is 11.1 Å². The van der Waals surface area contributed by atoms with Crippen LogP contribution in [-0.2, 0) is 4.79 Å². The zero-order chi connectivity index (χ0) is 10.3. The first-order valence-corrected chi connectivity index (χ1v) is 4.76. The molecule has 0 bridgehead atoms. The number of hydrogen-bond donors (Lipinski definition) is 2. The van der Waals surface area contributed by atoms with E-state index in [1.807, 2.05) is 0 Å². The van der Waals surface area contributed by atoms with Crippen LogP contribution in [0.1, 0.15) is 39.5 Å². The van der Waals surface area contributed by atoms with Gasteiger partial charge in [-0.2, -0.15) is 0 Å². The van der Waals surface area contributed by atoms with Crippen molar-refractivity contribution < 1.29 is 9.90 Å². The molecule has 0 aliphatic heterocycles. The predicted molar refractivity (Wildman–Crippen MR) is 53.2 cm³/mol. The summed E-state index contributed by atoms with van der Waals surface area (Å²) in [5.74, 6) is -0.499. The van der Waals surface area contributed by atoms with Gasteiger partial charge in [0.25, 0.3) is 0 Å². The van der Waals surface area contributed by atoms with Crippen LogP contribution < -0.4 is 5.73 Å². The molecule has 1 atom stereocenters. The Morgan fingerprint density at radius 2 is 2.23 bits per heavy atom. The summed E-state index contributed by atoms with van der Waals surface area (Å²) in [5.41, 5.74) is 5.22. The fraction of sp³-hybridized carbons (Fsp3) is 0.700. The molecule has 0 aliphatic rings. The molecule has 0 spiro atoms. The predicted octanol–water partition coefficient (Wildman–Crippen LogP) is 2.13. The zero-order valence-electron chi connectivity index (χ0n) is 8.42. The van der Waals surface area contributed by atoms with E-state index in [1.54, 1.807) is 6.08 Å². The molecule has 13 heavy (non-hydrogen) atoms. The highest BCUT2D eigenvalue weighted by atomic mass is 16.4. The van der Waals surface area contributed by atoms with Crippen molar-refractivity contribution in [1.82, 2.24) is 0 Å². The lowest BCUT2D eigenvalue weighted by molar-refractivity contribution is -0.132. The Bertz CT molecular complexity index is 187. The Morgan fingerprint density at radius 3 is 2.69 bits per heavy atom. The standard InChI is InChI=1S/C10H19NO2/c1-3-4-5-8(2)6-7-9(11)10(12)13/h7-8H,3-6,11H2,1-2H3,(H,12,13)/b9-7-. The van der Waals surface area contributed by atoms with E-state index in [1.165, 1.54) is 12.8 Å². The maximum absolute atomic E-state index is 10.3. The van der Waals surface area contributed by atoms with E-state index in [2.05, 4.69) is 13.8 Å². The highest BCUT2D eigenvalue weighted by Gasteiger charge is 2.03. The van der Waals surface area contributed by atoms with Gasteiger partial charge < -0.3 is 10.8 Å². The Morgan fingerprint density at radius 1 is 1.62 bits per heavy atom. The summed E-state index contributed by atoms with van der Waals surface area (Å²) in [6.45, 7) is 4.26. The highest BCUT2D eigenvalue weighted by molar-refractivity contribution is 5.85. The number of carboxylic acid groups (broad SMARTS) is 1. The second-order valence-electron chi connectivity index (χ2n) is 3.45. The van der Waals surface area contributed by atoms with E-state index in [4.69, 9.17) is 10.8 Å². The SMILES string of the molecule is CCCCC(C)C/C=C(\N)C(=O)O. The van der Waals surface area contributed by atoms with Gasteiger partial charge in [-0.05, 0) is 12.3 Å². The summed E-state index contributed by atoms with van der Waals surface area (Å²) in [5, 5.41) is 8.48. The highest BCUT2D eigenvalue weighted by Crippen LogP contribution is 2.12. The van der Waals surface area contributed by atoms with Crippen LogP contribution in [0.3, 0.4) is 0 Å². The van der Waals surface area contributed by atoms with Crippen LogP contribution in [0.25, 0.3) is 0 Å². The van der Waals surface area contributed by atoms with E-state index in [0.717, 1.165) is 12.8 Å². The average molecular weight is 185 g/mol. The molecular weight excluding hydrogens is 166 g/mol. The number of unbranched alkanes of at least 4 members (excludes halogenated alkanes) is 1. The molecule has 0 aliphatic carbocycles. The third-order valence-electron chi connectivity index (χ3n) is 2.04. The minimum Gasteiger partial charge on any atom is -0.477 e. The van der Waals surface area contributed by atoms with Crippen molar-refractivity contribution in [3.8, 4) is 0 Å². The van der Waals surface area contributed by atoms with E-state index < -0.39 is 5.97 Å². The average Bonchev–Trinajstić information content (AvgIpc) is 2.10. The van der Waals surface area contributed by atoms with Gasteiger partial charge in [0.2, 0.25) is 0 Å². The summed E-state index contributed by atoms with van der Waals surface area (Å²) in [7, 11) is 0. The maximum Gasteiger partial charge on any atom is 0.351 e. The van der Waals surface area contributed by atoms with Crippen LogP contribution in [0.15, 0.2) is 11.8 Å². The number of hydrogen-bond acceptors (Lipinski definition) is 2. The molecule has 0 amide bonds. The van der Waals surface area contributed by atoms with Gasteiger partial charge >= 0.3 is 5.97 Å². The van der Waals surface area contributed by atoms with Crippen LogP contribution in [0, 0.1) is 5.92 Å². The summed E-state index contributed by atoms with van der Waals surface area (Å²) >= 11 is 0. The first-order chi connectivity index (χ1) is 6.07. The third kappa shape index (κ3) is 6.20. The van der Waals surface area contributed by atoms with Crippen LogP contribution in [0.2, 0.25) is 0 Å². The number of carboxylic acids is 1. The molecule has 0 saturated carbocycles. The third-order valence-corrected chi connectivity index (χ3v) is 2.04. The van der Waals surface area contributed by atoms with Crippen molar-refractivity contribution in [2.24, 2.45) is 11.7 Å². The molecule has 0 aromatic carbocycles. The second-order valence-corrected chi connectivity index (χ2v) is 3.45. The van der Waals surface area contributed by atoms with Crippen molar-refractivity contribution in [3.05, 3.63) is 11.8 Å². The molecular formula is C10H19NO2. The number of allylic oxidation sites excluding steroid dienone is 1. The number of rotatable bonds is 6. The normalized spacial score (nSPS) is 14.2. The summed E-state index contributed by atoms with van der Waals surface area (Å²) in [6.07, 6.45) is 5.88. The Hall–Kier alpha value is -0.990. The monoisotopic (exact) mass is 185 g/mol. The summed E-state index contributed by atoms with van der Waals surface area (Å²) < 4.78 is 0. The first-order valence-electron chi connectivity index (χ1n) is 4.76. The molecule has 3 N–H and O–H groups in total. The van der Waals surface area contributed by atoms with Crippen molar-refractivity contribution in [2.75, 3.05) is 0 Å². The smallest absolute Gasteiger partial charge is 0.351 e. The minimum atomic E-state index is -1.03. The number of aliphatic carboxylic acids is 1. The van der Waals surface area contributed by atoms with Gasteiger partial charge in [0.15, 0.2) is 0 Å². The second kappa shape index (κ2) is 6.52. The van der Waals surface area contributed by atoms with E-state index >= 15 is 0 Å². The van der Waals surface area contributed by atoms with Gasteiger partial charge in [-0.25, -0.2) is 4.79 Å². The first kappa shape index (κ1) is 12.0. The lowest BCUT2D eigenvalue weighted by atomic mass is 10.0. The Balaban J connectivity index is 3.73. The molecule has 76 valence electrons. The molecule has 0 saturated heterocycles. The van der Waals surface area contributed by atoms with E-state index in [9.17, 15) is 4.79 Å². The molecule has 0 radical (unpaired) electrons. The van der Waals surface area contributed by atoms with Gasteiger partial charge in [-0.1, -0.05) is 39.2 Å². The van der Waals surface area contributed by atoms with E-state index in [-0.39, 0.29) is 5.70 Å². The summed E-state index contributed by atoms with van der Waals surface area (Å²) in [6, 6.07) is 0. The van der Waals surface area contributed by atoms with Crippen LogP contribution in [0.5, 0.6) is 0 Å². The van der Waals surface area contributed by atoms with Crippen LogP contribution in [0.4, 0.5) is 0 Å².